The van der Waals surface area contributed by atoms with E-state index in [2.05, 4.69) is 14.9 Å². The Morgan fingerprint density at radius 3 is 2.45 bits per heavy atom. The molecule has 11 heteroatoms. The van der Waals surface area contributed by atoms with Crippen LogP contribution in [0.4, 0.5) is 19.0 Å². The van der Waals surface area contributed by atoms with Gasteiger partial charge in [0, 0.05) is 13.1 Å². The van der Waals surface area contributed by atoms with E-state index in [4.69, 9.17) is 10.8 Å². The Morgan fingerprint density at radius 1 is 1.40 bits per heavy atom. The van der Waals surface area contributed by atoms with Gasteiger partial charge in [-0.15, -0.1) is 0 Å². The van der Waals surface area contributed by atoms with Crippen LogP contribution in [0.25, 0.3) is 0 Å². The van der Waals surface area contributed by atoms with E-state index in [9.17, 15) is 22.8 Å². The summed E-state index contributed by atoms with van der Waals surface area (Å²) in [5, 5.41) is 15.2. The molecule has 0 saturated carbocycles. The van der Waals surface area contributed by atoms with E-state index in [1.165, 1.54) is 0 Å². The number of aliphatic carboxylic acids is 1. The maximum absolute atomic E-state index is 12.9. The molecule has 0 spiro atoms. The zero-order valence-electron chi connectivity index (χ0n) is 9.85. The molecule has 8 nitrogen and oxygen atoms in total. The number of halogens is 3. The molecule has 1 aromatic rings. The average Bonchev–Trinajstić information content (AvgIpc) is 2.93. The molecule has 1 aliphatic heterocycles. The van der Waals surface area contributed by atoms with Crippen molar-refractivity contribution in [1.82, 2.24) is 15.2 Å². The molecular formula is C9H9F3N4O4. The number of carboxylic acid groups (broad SMARTS) is 1. The number of carboxylic acids is 1. The third kappa shape index (κ3) is 1.94. The maximum atomic E-state index is 12.9. The van der Waals surface area contributed by atoms with Crippen molar-refractivity contribution in [2.45, 2.75) is 12.6 Å². The summed E-state index contributed by atoms with van der Waals surface area (Å²) in [6.07, 6.45) is -5.70. The van der Waals surface area contributed by atoms with Gasteiger partial charge in [0.25, 0.3) is 5.91 Å². The number of nitrogen functional groups attached to an aromatic ring is 1. The van der Waals surface area contributed by atoms with Crippen molar-refractivity contribution in [3.8, 4) is 0 Å². The first-order chi connectivity index (χ1) is 9.19. The molecule has 1 saturated heterocycles. The van der Waals surface area contributed by atoms with Crippen LogP contribution in [-0.2, 0) is 4.79 Å². The van der Waals surface area contributed by atoms with Crippen molar-refractivity contribution in [3.05, 3.63) is 5.69 Å². The number of amides is 1. The van der Waals surface area contributed by atoms with E-state index in [-0.39, 0.29) is 12.4 Å². The molecule has 1 amide bonds. The van der Waals surface area contributed by atoms with E-state index in [0.717, 1.165) is 4.90 Å². The van der Waals surface area contributed by atoms with Crippen molar-refractivity contribution in [2.75, 3.05) is 18.8 Å². The Morgan fingerprint density at radius 2 is 2.05 bits per heavy atom. The lowest BCUT2D eigenvalue weighted by Crippen LogP contribution is -2.47. The van der Waals surface area contributed by atoms with Crippen molar-refractivity contribution >= 4 is 17.7 Å². The van der Waals surface area contributed by atoms with Crippen LogP contribution in [-0.4, -0.2) is 51.5 Å². The van der Waals surface area contributed by atoms with Crippen LogP contribution in [0.5, 0.6) is 0 Å². The zero-order valence-corrected chi connectivity index (χ0v) is 9.85. The minimum atomic E-state index is -4.97. The average molecular weight is 294 g/mol. The second kappa shape index (κ2) is 4.35. The van der Waals surface area contributed by atoms with Gasteiger partial charge < -0.3 is 15.7 Å². The van der Waals surface area contributed by atoms with E-state index >= 15 is 0 Å². The first kappa shape index (κ1) is 14.1. The Hall–Kier alpha value is -2.33. The lowest BCUT2D eigenvalue weighted by Gasteiger charge is -2.26. The van der Waals surface area contributed by atoms with Gasteiger partial charge in [-0.2, -0.15) is 13.2 Å². The molecule has 0 radical (unpaired) electrons. The van der Waals surface area contributed by atoms with Crippen LogP contribution in [0.1, 0.15) is 16.9 Å². The van der Waals surface area contributed by atoms with Gasteiger partial charge in [0.05, 0.1) is 0 Å². The molecule has 0 aromatic carbocycles. The molecule has 3 N–H and O–H groups in total. The number of nitrogens with two attached hydrogens (primary N) is 1. The lowest BCUT2D eigenvalue weighted by molar-refractivity contribution is -0.227. The zero-order chi connectivity index (χ0) is 15.1. The number of anilines is 1. The molecule has 110 valence electrons. The first-order valence-electron chi connectivity index (χ1n) is 5.36. The fourth-order valence-corrected chi connectivity index (χ4v) is 2.00. The van der Waals surface area contributed by atoms with Crippen molar-refractivity contribution < 1.29 is 32.5 Å². The SMILES string of the molecule is Nc1nonc1C(=O)N1CCC(C(=O)O)(C(F)(F)F)C1. The van der Waals surface area contributed by atoms with Gasteiger partial charge in [-0.05, 0) is 16.7 Å². The summed E-state index contributed by atoms with van der Waals surface area (Å²) < 4.78 is 43.0. The summed E-state index contributed by atoms with van der Waals surface area (Å²) in [6.45, 7) is -1.38. The number of carbonyl (C=O) groups is 2. The molecule has 1 aromatic heterocycles. The Bertz CT molecular complexity index is 558. The van der Waals surface area contributed by atoms with Crippen LogP contribution < -0.4 is 5.73 Å². The van der Waals surface area contributed by atoms with Gasteiger partial charge in [0.2, 0.25) is 11.5 Å². The molecule has 20 heavy (non-hydrogen) atoms. The molecule has 1 aliphatic rings. The summed E-state index contributed by atoms with van der Waals surface area (Å²) in [5.41, 5.74) is 1.85. The van der Waals surface area contributed by atoms with Crippen molar-refractivity contribution in [3.63, 3.8) is 0 Å². The van der Waals surface area contributed by atoms with Gasteiger partial charge in [-0.25, -0.2) is 4.63 Å². The highest BCUT2D eigenvalue weighted by atomic mass is 19.4. The largest absolute Gasteiger partial charge is 0.481 e. The van der Waals surface area contributed by atoms with Crippen LogP contribution >= 0.6 is 0 Å². The van der Waals surface area contributed by atoms with Gasteiger partial charge in [-0.3, -0.25) is 9.59 Å². The van der Waals surface area contributed by atoms with E-state index < -0.39 is 42.1 Å². The number of rotatable bonds is 2. The fraction of sp³-hybridized carbons (Fsp3) is 0.556. The Kier molecular flexibility index (Phi) is 3.07. The van der Waals surface area contributed by atoms with Gasteiger partial charge in [-0.1, -0.05) is 0 Å². The summed E-state index contributed by atoms with van der Waals surface area (Å²) in [7, 11) is 0. The number of carbonyl (C=O) groups excluding carboxylic acids is 1. The van der Waals surface area contributed by atoms with Crippen LogP contribution in [0, 0.1) is 5.41 Å². The molecule has 1 fully saturated rings. The summed E-state index contributed by atoms with van der Waals surface area (Å²) >= 11 is 0. The highest BCUT2D eigenvalue weighted by Gasteiger charge is 2.64. The summed E-state index contributed by atoms with van der Waals surface area (Å²) in [6, 6.07) is 0. The standard InChI is InChI=1S/C9H9F3N4O4/c10-9(11,12)8(7(18)19)1-2-16(3-8)6(17)4-5(13)15-20-14-4/h1-3H2,(H2,13,15)(H,18,19). The topological polar surface area (TPSA) is 123 Å². The quantitative estimate of drug-likeness (QED) is 0.794. The molecule has 0 aliphatic carbocycles. The van der Waals surface area contributed by atoms with Crippen LogP contribution in [0.3, 0.4) is 0 Å². The number of alkyl halides is 3. The van der Waals surface area contributed by atoms with Crippen LogP contribution in [0.2, 0.25) is 0 Å². The second-order valence-corrected chi connectivity index (χ2v) is 4.36. The van der Waals surface area contributed by atoms with Gasteiger partial charge >= 0.3 is 12.1 Å². The third-order valence-electron chi connectivity index (χ3n) is 3.22. The minimum absolute atomic E-state index is 0.366. The van der Waals surface area contributed by atoms with E-state index in [0.29, 0.717) is 0 Å². The molecule has 2 rings (SSSR count). The predicted octanol–water partition coefficient (Wildman–Crippen LogP) is 0.131. The number of nitrogens with zero attached hydrogens (tertiary/aromatic N) is 3. The predicted molar refractivity (Wildman–Crippen MR) is 55.4 cm³/mol. The third-order valence-corrected chi connectivity index (χ3v) is 3.22. The number of likely N-dealkylation sites (tertiary alicyclic amines) is 1. The Balaban J connectivity index is 2.26. The maximum Gasteiger partial charge on any atom is 0.406 e. The number of aromatic nitrogens is 2. The number of hydrogen-bond donors (Lipinski definition) is 2. The molecule has 2 heterocycles. The van der Waals surface area contributed by atoms with E-state index in [1.807, 2.05) is 0 Å². The highest BCUT2D eigenvalue weighted by molar-refractivity contribution is 5.96. The molecular weight excluding hydrogens is 285 g/mol. The molecule has 1 atom stereocenters. The summed E-state index contributed by atoms with van der Waals surface area (Å²) in [5.74, 6) is -3.34. The fourth-order valence-electron chi connectivity index (χ4n) is 2.00. The summed E-state index contributed by atoms with van der Waals surface area (Å²) in [4.78, 5) is 23.6. The monoisotopic (exact) mass is 294 g/mol. The smallest absolute Gasteiger partial charge is 0.406 e. The van der Waals surface area contributed by atoms with Crippen LogP contribution in [0.15, 0.2) is 4.63 Å². The van der Waals surface area contributed by atoms with Gasteiger partial charge in [0.1, 0.15) is 0 Å². The number of hydrogen-bond acceptors (Lipinski definition) is 6. The minimum Gasteiger partial charge on any atom is -0.481 e. The second-order valence-electron chi connectivity index (χ2n) is 4.36. The Labute approximate surface area is 109 Å². The van der Waals surface area contributed by atoms with Crippen molar-refractivity contribution in [2.24, 2.45) is 5.41 Å². The first-order valence-corrected chi connectivity index (χ1v) is 5.36. The normalized spacial score (nSPS) is 23.1. The molecule has 0 bridgehead atoms. The van der Waals surface area contributed by atoms with E-state index in [1.54, 1.807) is 0 Å². The lowest BCUT2D eigenvalue weighted by atomic mass is 9.86. The van der Waals surface area contributed by atoms with Gasteiger partial charge in [0.15, 0.2) is 5.41 Å². The molecule has 1 unspecified atom stereocenters. The highest BCUT2D eigenvalue weighted by Crippen LogP contribution is 2.46. The van der Waals surface area contributed by atoms with Crippen molar-refractivity contribution in [1.29, 1.82) is 0 Å².